The number of nitrogens with two attached hydrogens (primary N) is 1. The molecule has 1 amide bonds. The second-order valence-electron chi connectivity index (χ2n) is 3.52. The van der Waals surface area contributed by atoms with E-state index in [1.165, 1.54) is 0 Å². The number of nitrogens with zero attached hydrogens (tertiary/aromatic N) is 1. The fourth-order valence-electron chi connectivity index (χ4n) is 1.70. The predicted octanol–water partition coefficient (Wildman–Crippen LogP) is 1.59. The average Bonchev–Trinajstić information content (AvgIpc) is 2.48. The molecule has 72 valence electrons. The number of carbonyl (C=O) groups is 1. The van der Waals surface area contributed by atoms with E-state index in [-0.39, 0.29) is 5.91 Å². The zero-order chi connectivity index (χ0) is 10.3. The maximum atomic E-state index is 11.0. The first-order valence-corrected chi connectivity index (χ1v) is 4.45. The highest BCUT2D eigenvalue weighted by Gasteiger charge is 2.06. The number of rotatable bonds is 1. The maximum absolute atomic E-state index is 11.0. The molecular formula is C11H12N2O. The summed E-state index contributed by atoms with van der Waals surface area (Å²) in [5.74, 6) is -0.379. The van der Waals surface area contributed by atoms with Gasteiger partial charge in [-0.1, -0.05) is 0 Å². The molecule has 2 aromatic rings. The molecule has 0 aliphatic rings. The summed E-state index contributed by atoms with van der Waals surface area (Å²) in [6.07, 6.45) is 1.97. The summed E-state index contributed by atoms with van der Waals surface area (Å²) in [7, 11) is 1.95. The van der Waals surface area contributed by atoms with Gasteiger partial charge in [0.25, 0.3) is 0 Å². The van der Waals surface area contributed by atoms with Crippen LogP contribution in [0.3, 0.4) is 0 Å². The largest absolute Gasteiger partial charge is 0.366 e. The van der Waals surface area contributed by atoms with Crippen molar-refractivity contribution >= 4 is 16.8 Å². The van der Waals surface area contributed by atoms with Gasteiger partial charge in [-0.2, -0.15) is 0 Å². The van der Waals surface area contributed by atoms with E-state index in [9.17, 15) is 4.79 Å². The van der Waals surface area contributed by atoms with Crippen molar-refractivity contribution in [2.24, 2.45) is 12.8 Å². The van der Waals surface area contributed by atoms with Crippen LogP contribution >= 0.6 is 0 Å². The molecule has 1 aromatic heterocycles. The molecule has 0 radical (unpaired) electrons. The van der Waals surface area contributed by atoms with Gasteiger partial charge in [0.1, 0.15) is 0 Å². The zero-order valence-electron chi connectivity index (χ0n) is 8.24. The molecule has 3 nitrogen and oxygen atoms in total. The molecule has 0 bridgehead atoms. The molecule has 0 aliphatic carbocycles. The van der Waals surface area contributed by atoms with E-state index in [1.54, 1.807) is 0 Å². The Bertz CT molecular complexity index is 511. The van der Waals surface area contributed by atoms with Crippen molar-refractivity contribution in [1.29, 1.82) is 0 Å². The first-order chi connectivity index (χ1) is 6.59. The molecule has 0 saturated heterocycles. The van der Waals surface area contributed by atoms with Crippen molar-refractivity contribution in [2.45, 2.75) is 6.92 Å². The summed E-state index contributed by atoms with van der Waals surface area (Å²) in [6, 6.07) is 5.69. The minimum atomic E-state index is -0.379. The number of carbonyl (C=O) groups excluding carboxylic acids is 1. The smallest absolute Gasteiger partial charge is 0.248 e. The van der Waals surface area contributed by atoms with Gasteiger partial charge in [0.2, 0.25) is 5.91 Å². The molecule has 0 saturated carbocycles. The second-order valence-corrected chi connectivity index (χ2v) is 3.52. The topological polar surface area (TPSA) is 48.0 Å². The van der Waals surface area contributed by atoms with Crippen molar-refractivity contribution in [1.82, 2.24) is 4.57 Å². The van der Waals surface area contributed by atoms with Gasteiger partial charge in [0.05, 0.1) is 0 Å². The maximum Gasteiger partial charge on any atom is 0.248 e. The van der Waals surface area contributed by atoms with Crippen molar-refractivity contribution in [2.75, 3.05) is 0 Å². The molecule has 0 aliphatic heterocycles. The fourth-order valence-corrected chi connectivity index (χ4v) is 1.70. The number of hydrogen-bond acceptors (Lipinski definition) is 1. The third kappa shape index (κ3) is 1.18. The van der Waals surface area contributed by atoms with Crippen molar-refractivity contribution in [3.8, 4) is 0 Å². The highest BCUT2D eigenvalue weighted by molar-refractivity contribution is 5.98. The Morgan fingerprint density at radius 1 is 1.43 bits per heavy atom. The van der Waals surface area contributed by atoms with Gasteiger partial charge in [-0.3, -0.25) is 4.79 Å². The predicted molar refractivity (Wildman–Crippen MR) is 56.2 cm³/mol. The summed E-state index contributed by atoms with van der Waals surface area (Å²) >= 11 is 0. The van der Waals surface area contributed by atoms with E-state index < -0.39 is 0 Å². The van der Waals surface area contributed by atoms with Gasteiger partial charge < -0.3 is 10.3 Å². The first-order valence-electron chi connectivity index (χ1n) is 4.45. The number of primary amides is 1. The Morgan fingerprint density at radius 2 is 2.14 bits per heavy atom. The molecule has 3 heteroatoms. The lowest BCUT2D eigenvalue weighted by Crippen LogP contribution is -2.11. The molecule has 0 fully saturated rings. The average molecular weight is 188 g/mol. The number of fused-ring (bicyclic) bond motifs is 1. The molecule has 2 rings (SSSR count). The third-order valence-electron chi connectivity index (χ3n) is 2.49. The highest BCUT2D eigenvalue weighted by Crippen LogP contribution is 2.20. The van der Waals surface area contributed by atoms with E-state index in [2.05, 4.69) is 0 Å². The summed E-state index contributed by atoms with van der Waals surface area (Å²) in [5, 5.41) is 1.16. The van der Waals surface area contributed by atoms with Gasteiger partial charge in [0.15, 0.2) is 0 Å². The van der Waals surface area contributed by atoms with Crippen LogP contribution in [0.1, 0.15) is 15.9 Å². The molecule has 0 atom stereocenters. The molecule has 14 heavy (non-hydrogen) atoms. The standard InChI is InChI=1S/C11H12N2O/c1-7-5-8(11(12)14)6-10-9(7)3-4-13(10)2/h3-6H,1-2H3,(H2,12,14). The number of aromatic nitrogens is 1. The second kappa shape index (κ2) is 2.87. The number of benzene rings is 1. The lowest BCUT2D eigenvalue weighted by atomic mass is 10.1. The van der Waals surface area contributed by atoms with Crippen LogP contribution in [0.5, 0.6) is 0 Å². The van der Waals surface area contributed by atoms with E-state index in [0.717, 1.165) is 16.5 Å². The highest BCUT2D eigenvalue weighted by atomic mass is 16.1. The van der Waals surface area contributed by atoms with Crippen molar-refractivity contribution < 1.29 is 4.79 Å². The number of amides is 1. The molecule has 1 heterocycles. The quantitative estimate of drug-likeness (QED) is 0.725. The molecule has 1 aromatic carbocycles. The third-order valence-corrected chi connectivity index (χ3v) is 2.49. The zero-order valence-corrected chi connectivity index (χ0v) is 8.24. The summed E-state index contributed by atoms with van der Waals surface area (Å²) in [4.78, 5) is 11.0. The Balaban J connectivity index is 2.82. The van der Waals surface area contributed by atoms with Crippen molar-refractivity contribution in [3.63, 3.8) is 0 Å². The van der Waals surface area contributed by atoms with Crippen LogP contribution in [0, 0.1) is 6.92 Å². The Labute approximate surface area is 82.1 Å². The molecule has 0 unspecified atom stereocenters. The van der Waals surface area contributed by atoms with E-state index in [4.69, 9.17) is 5.73 Å². The van der Waals surface area contributed by atoms with Crippen molar-refractivity contribution in [3.05, 3.63) is 35.5 Å². The number of hydrogen-bond donors (Lipinski definition) is 1. The molecule has 0 spiro atoms. The van der Waals surface area contributed by atoms with E-state index >= 15 is 0 Å². The monoisotopic (exact) mass is 188 g/mol. The van der Waals surface area contributed by atoms with Crippen LogP contribution in [0.25, 0.3) is 10.9 Å². The number of aryl methyl sites for hydroxylation is 2. The molecular weight excluding hydrogens is 176 g/mol. The normalized spacial score (nSPS) is 10.7. The minimum absolute atomic E-state index is 0.379. The Hall–Kier alpha value is -1.77. The van der Waals surface area contributed by atoms with Crippen LogP contribution in [0.2, 0.25) is 0 Å². The SMILES string of the molecule is Cc1cc(C(N)=O)cc2c1ccn2C. The first kappa shape index (κ1) is 8.81. The van der Waals surface area contributed by atoms with Crippen LogP contribution < -0.4 is 5.73 Å². The van der Waals surface area contributed by atoms with Crippen LogP contribution in [-0.4, -0.2) is 10.5 Å². The van der Waals surface area contributed by atoms with Gasteiger partial charge in [-0.05, 0) is 30.7 Å². The van der Waals surface area contributed by atoms with Gasteiger partial charge in [-0.25, -0.2) is 0 Å². The fraction of sp³-hybridized carbons (Fsp3) is 0.182. The minimum Gasteiger partial charge on any atom is -0.366 e. The van der Waals surface area contributed by atoms with Gasteiger partial charge in [-0.15, -0.1) is 0 Å². The van der Waals surface area contributed by atoms with E-state index in [0.29, 0.717) is 5.56 Å². The van der Waals surface area contributed by atoms with Gasteiger partial charge in [0, 0.05) is 29.7 Å². The Morgan fingerprint density at radius 3 is 2.79 bits per heavy atom. The van der Waals surface area contributed by atoms with Gasteiger partial charge >= 0.3 is 0 Å². The van der Waals surface area contributed by atoms with Crippen LogP contribution in [0.4, 0.5) is 0 Å². The van der Waals surface area contributed by atoms with Crippen LogP contribution in [0.15, 0.2) is 24.4 Å². The lowest BCUT2D eigenvalue weighted by Gasteiger charge is -2.02. The summed E-state index contributed by atoms with van der Waals surface area (Å²) in [5.41, 5.74) is 7.93. The molecule has 2 N–H and O–H groups in total. The summed E-state index contributed by atoms with van der Waals surface area (Å²) < 4.78 is 1.98. The lowest BCUT2D eigenvalue weighted by molar-refractivity contribution is 0.100. The Kier molecular flexibility index (Phi) is 1.81. The van der Waals surface area contributed by atoms with Crippen LogP contribution in [-0.2, 0) is 7.05 Å². The summed E-state index contributed by atoms with van der Waals surface area (Å²) in [6.45, 7) is 1.98. The van der Waals surface area contributed by atoms with E-state index in [1.807, 2.05) is 42.9 Å².